The molecule has 0 atom stereocenters. The summed E-state index contributed by atoms with van der Waals surface area (Å²) in [5.41, 5.74) is -0.698. The van der Waals surface area contributed by atoms with Gasteiger partial charge in [-0.1, -0.05) is 41.3 Å². The van der Waals surface area contributed by atoms with Crippen LogP contribution in [-0.4, -0.2) is 11.1 Å². The first-order valence-electron chi connectivity index (χ1n) is 5.75. The van der Waals surface area contributed by atoms with Gasteiger partial charge in [0.25, 0.3) is 0 Å². The van der Waals surface area contributed by atoms with Crippen LogP contribution < -0.4 is 0 Å². The molecular formula is C13H14BrFO2. The van der Waals surface area contributed by atoms with E-state index in [2.05, 4.69) is 15.9 Å². The van der Waals surface area contributed by atoms with Crippen LogP contribution in [0.5, 0.6) is 0 Å². The van der Waals surface area contributed by atoms with Gasteiger partial charge in [-0.05, 0) is 25.0 Å². The Balaban J connectivity index is 2.49. The fourth-order valence-corrected chi connectivity index (χ4v) is 2.96. The second-order valence-corrected chi connectivity index (χ2v) is 5.49. The predicted octanol–water partition coefficient (Wildman–Crippen LogP) is 3.87. The van der Waals surface area contributed by atoms with Crippen molar-refractivity contribution in [2.75, 3.05) is 0 Å². The van der Waals surface area contributed by atoms with Gasteiger partial charge in [0, 0.05) is 10.0 Å². The summed E-state index contributed by atoms with van der Waals surface area (Å²) in [6.45, 7) is 0. The average Bonchev–Trinajstić information content (AvgIpc) is 2.29. The molecule has 1 saturated carbocycles. The van der Waals surface area contributed by atoms with Crippen LogP contribution in [0.25, 0.3) is 0 Å². The van der Waals surface area contributed by atoms with Crippen molar-refractivity contribution in [1.82, 2.24) is 0 Å². The van der Waals surface area contributed by atoms with Crippen LogP contribution in [0.2, 0.25) is 0 Å². The Hall–Kier alpha value is -0.900. The standard InChI is InChI=1S/C13H14BrFO2/c14-9-4-5-10(11(15)8-9)13(12(16)17)6-2-1-3-7-13/h4-5,8H,1-3,6-7H2,(H,16,17). The molecule has 1 N–H and O–H groups in total. The molecule has 17 heavy (non-hydrogen) atoms. The SMILES string of the molecule is O=C(O)C1(c2ccc(Br)cc2F)CCCCC1. The number of aliphatic carboxylic acids is 1. The van der Waals surface area contributed by atoms with E-state index in [0.29, 0.717) is 22.9 Å². The van der Waals surface area contributed by atoms with Gasteiger partial charge in [-0.25, -0.2) is 4.39 Å². The molecule has 92 valence electrons. The zero-order valence-corrected chi connectivity index (χ0v) is 11.0. The van der Waals surface area contributed by atoms with Gasteiger partial charge in [-0.2, -0.15) is 0 Å². The van der Waals surface area contributed by atoms with Crippen LogP contribution in [0.3, 0.4) is 0 Å². The van der Waals surface area contributed by atoms with Crippen LogP contribution in [0, 0.1) is 5.82 Å². The van der Waals surface area contributed by atoms with E-state index in [1.165, 1.54) is 6.07 Å². The van der Waals surface area contributed by atoms with Crippen LogP contribution >= 0.6 is 15.9 Å². The Kier molecular flexibility index (Phi) is 3.52. The number of halogens is 2. The Morgan fingerprint density at radius 1 is 1.29 bits per heavy atom. The molecule has 1 fully saturated rings. The molecule has 1 aromatic carbocycles. The molecule has 1 aliphatic rings. The molecule has 1 aromatic rings. The van der Waals surface area contributed by atoms with E-state index in [9.17, 15) is 14.3 Å². The Morgan fingerprint density at radius 2 is 1.94 bits per heavy atom. The number of carbonyl (C=O) groups is 1. The van der Waals surface area contributed by atoms with Gasteiger partial charge in [-0.15, -0.1) is 0 Å². The van der Waals surface area contributed by atoms with Crippen molar-refractivity contribution >= 4 is 21.9 Å². The zero-order valence-electron chi connectivity index (χ0n) is 9.38. The van der Waals surface area contributed by atoms with Gasteiger partial charge in [0.05, 0.1) is 5.41 Å². The van der Waals surface area contributed by atoms with Gasteiger partial charge < -0.3 is 5.11 Å². The highest BCUT2D eigenvalue weighted by atomic mass is 79.9. The first kappa shape index (κ1) is 12.6. The van der Waals surface area contributed by atoms with Gasteiger partial charge in [0.15, 0.2) is 0 Å². The largest absolute Gasteiger partial charge is 0.481 e. The monoisotopic (exact) mass is 300 g/mol. The molecule has 0 saturated heterocycles. The summed E-state index contributed by atoms with van der Waals surface area (Å²) in [6, 6.07) is 4.64. The van der Waals surface area contributed by atoms with Crippen molar-refractivity contribution in [3.63, 3.8) is 0 Å². The topological polar surface area (TPSA) is 37.3 Å². The normalized spacial score (nSPS) is 18.9. The molecule has 0 heterocycles. The molecule has 0 amide bonds. The number of benzene rings is 1. The molecule has 0 aromatic heterocycles. The van der Waals surface area contributed by atoms with Crippen LogP contribution in [0.15, 0.2) is 22.7 Å². The fourth-order valence-electron chi connectivity index (χ4n) is 2.63. The summed E-state index contributed by atoms with van der Waals surface area (Å²) >= 11 is 3.19. The summed E-state index contributed by atoms with van der Waals surface area (Å²) in [6.07, 6.45) is 3.79. The molecule has 0 radical (unpaired) electrons. The predicted molar refractivity (Wildman–Crippen MR) is 66.5 cm³/mol. The lowest BCUT2D eigenvalue weighted by atomic mass is 9.69. The van der Waals surface area contributed by atoms with Gasteiger partial charge in [-0.3, -0.25) is 4.79 Å². The van der Waals surface area contributed by atoms with Gasteiger partial charge >= 0.3 is 5.97 Å². The second kappa shape index (κ2) is 4.77. The molecule has 1 aliphatic carbocycles. The quantitative estimate of drug-likeness (QED) is 0.900. The molecular weight excluding hydrogens is 287 g/mol. The van der Waals surface area contributed by atoms with E-state index in [4.69, 9.17) is 0 Å². The lowest BCUT2D eigenvalue weighted by Gasteiger charge is -2.33. The zero-order chi connectivity index (χ0) is 12.5. The summed E-state index contributed by atoms with van der Waals surface area (Å²) in [7, 11) is 0. The average molecular weight is 301 g/mol. The minimum atomic E-state index is -1.02. The highest BCUT2D eigenvalue weighted by Gasteiger charge is 2.42. The maximum Gasteiger partial charge on any atom is 0.314 e. The Labute approximate surface area is 108 Å². The third kappa shape index (κ3) is 2.23. The number of carboxylic acid groups (broad SMARTS) is 1. The lowest BCUT2D eigenvalue weighted by molar-refractivity contribution is -0.145. The van der Waals surface area contributed by atoms with Crippen molar-refractivity contribution in [2.45, 2.75) is 37.5 Å². The second-order valence-electron chi connectivity index (χ2n) is 4.57. The molecule has 0 unspecified atom stereocenters. The summed E-state index contributed by atoms with van der Waals surface area (Å²) in [5, 5.41) is 9.46. The van der Waals surface area contributed by atoms with E-state index >= 15 is 0 Å². The van der Waals surface area contributed by atoms with E-state index < -0.39 is 17.2 Å². The third-order valence-electron chi connectivity index (χ3n) is 3.56. The van der Waals surface area contributed by atoms with E-state index in [1.54, 1.807) is 12.1 Å². The number of hydrogen-bond donors (Lipinski definition) is 1. The lowest BCUT2D eigenvalue weighted by Crippen LogP contribution is -2.38. The van der Waals surface area contributed by atoms with Crippen molar-refractivity contribution in [3.8, 4) is 0 Å². The maximum absolute atomic E-state index is 13.9. The van der Waals surface area contributed by atoms with Crippen LogP contribution in [0.4, 0.5) is 4.39 Å². The number of rotatable bonds is 2. The number of carboxylic acids is 1. The smallest absolute Gasteiger partial charge is 0.314 e. The maximum atomic E-state index is 13.9. The highest BCUT2D eigenvalue weighted by molar-refractivity contribution is 9.10. The molecule has 4 heteroatoms. The van der Waals surface area contributed by atoms with Crippen molar-refractivity contribution < 1.29 is 14.3 Å². The van der Waals surface area contributed by atoms with Crippen LogP contribution in [-0.2, 0) is 10.2 Å². The minimum Gasteiger partial charge on any atom is -0.481 e. The number of hydrogen-bond acceptors (Lipinski definition) is 1. The molecule has 2 nitrogen and oxygen atoms in total. The van der Waals surface area contributed by atoms with Gasteiger partial charge in [0.1, 0.15) is 5.82 Å². The van der Waals surface area contributed by atoms with Crippen LogP contribution in [0.1, 0.15) is 37.7 Å². The van der Waals surface area contributed by atoms with Gasteiger partial charge in [0.2, 0.25) is 0 Å². The summed E-state index contributed by atoms with van der Waals surface area (Å²) in [5.74, 6) is -1.33. The summed E-state index contributed by atoms with van der Waals surface area (Å²) in [4.78, 5) is 11.5. The van der Waals surface area contributed by atoms with Crippen molar-refractivity contribution in [1.29, 1.82) is 0 Å². The van der Waals surface area contributed by atoms with E-state index in [-0.39, 0.29) is 0 Å². The van der Waals surface area contributed by atoms with E-state index in [0.717, 1.165) is 19.3 Å². The van der Waals surface area contributed by atoms with Crippen molar-refractivity contribution in [3.05, 3.63) is 34.1 Å². The minimum absolute atomic E-state index is 0.327. The van der Waals surface area contributed by atoms with E-state index in [1.807, 2.05) is 0 Å². The first-order valence-corrected chi connectivity index (χ1v) is 6.54. The molecule has 2 rings (SSSR count). The molecule has 0 aliphatic heterocycles. The molecule has 0 spiro atoms. The van der Waals surface area contributed by atoms with Crippen molar-refractivity contribution in [2.24, 2.45) is 0 Å². The highest BCUT2D eigenvalue weighted by Crippen LogP contribution is 2.41. The third-order valence-corrected chi connectivity index (χ3v) is 4.06. The summed E-state index contributed by atoms with van der Waals surface area (Å²) < 4.78 is 14.6. The Morgan fingerprint density at radius 3 is 2.47 bits per heavy atom. The Bertz CT molecular complexity index is 439. The fraction of sp³-hybridized carbons (Fsp3) is 0.462. The molecule has 0 bridgehead atoms. The first-order chi connectivity index (χ1) is 8.06.